The van der Waals surface area contributed by atoms with E-state index in [4.69, 9.17) is 14.6 Å². The van der Waals surface area contributed by atoms with Crippen molar-refractivity contribution in [3.63, 3.8) is 0 Å². The van der Waals surface area contributed by atoms with E-state index in [0.717, 1.165) is 5.75 Å². The van der Waals surface area contributed by atoms with Crippen LogP contribution in [0.1, 0.15) is 54.4 Å². The predicted octanol–water partition coefficient (Wildman–Crippen LogP) is 2.66. The fraction of sp³-hybridized carbons (Fsp3) is 0.875. The van der Waals surface area contributed by atoms with Gasteiger partial charge in [-0.1, -0.05) is 13.8 Å². The van der Waals surface area contributed by atoms with Crippen molar-refractivity contribution >= 4 is 23.6 Å². The fourth-order valence-corrected chi connectivity index (χ4v) is 3.17. The standard InChI is InChI=1S/C16H31NO5S/c1-7-21-16(6,10-14(18)19)17-15(20)13(22-11(3)4)9-12(5)23-8-2/h11-13H,7-10H2,1-6H3,(H,17,20)(H,18,19). The van der Waals surface area contributed by atoms with Gasteiger partial charge in [-0.3, -0.25) is 9.59 Å². The highest BCUT2D eigenvalue weighted by Crippen LogP contribution is 2.20. The Morgan fingerprint density at radius 3 is 2.30 bits per heavy atom. The summed E-state index contributed by atoms with van der Waals surface area (Å²) < 4.78 is 11.2. The number of thioether (sulfide) groups is 1. The van der Waals surface area contributed by atoms with Crippen molar-refractivity contribution < 1.29 is 24.2 Å². The summed E-state index contributed by atoms with van der Waals surface area (Å²) in [7, 11) is 0. The van der Waals surface area contributed by atoms with Gasteiger partial charge < -0.3 is 19.9 Å². The monoisotopic (exact) mass is 349 g/mol. The van der Waals surface area contributed by atoms with Crippen LogP contribution in [0.5, 0.6) is 0 Å². The van der Waals surface area contributed by atoms with Gasteiger partial charge in [-0.25, -0.2) is 0 Å². The number of nitrogens with one attached hydrogen (secondary N) is 1. The average molecular weight is 349 g/mol. The third-order valence-electron chi connectivity index (χ3n) is 3.07. The van der Waals surface area contributed by atoms with E-state index < -0.39 is 17.8 Å². The molecule has 3 unspecified atom stereocenters. The molecule has 0 aliphatic heterocycles. The van der Waals surface area contributed by atoms with Gasteiger partial charge in [0.15, 0.2) is 0 Å². The van der Waals surface area contributed by atoms with Crippen LogP contribution in [0.3, 0.4) is 0 Å². The first-order valence-electron chi connectivity index (χ1n) is 8.08. The van der Waals surface area contributed by atoms with E-state index in [1.165, 1.54) is 0 Å². The van der Waals surface area contributed by atoms with Crippen LogP contribution < -0.4 is 5.32 Å². The molecule has 0 aromatic carbocycles. The van der Waals surface area contributed by atoms with Gasteiger partial charge in [-0.15, -0.1) is 0 Å². The number of carboxylic acid groups (broad SMARTS) is 1. The van der Waals surface area contributed by atoms with Crippen LogP contribution in [0.25, 0.3) is 0 Å². The molecule has 0 aliphatic carbocycles. The number of hydrogen-bond acceptors (Lipinski definition) is 5. The van der Waals surface area contributed by atoms with E-state index in [1.54, 1.807) is 25.6 Å². The maximum absolute atomic E-state index is 12.6. The third-order valence-corrected chi connectivity index (χ3v) is 4.16. The lowest BCUT2D eigenvalue weighted by atomic mass is 10.1. The lowest BCUT2D eigenvalue weighted by Crippen LogP contribution is -2.53. The Morgan fingerprint density at radius 1 is 1.26 bits per heavy atom. The van der Waals surface area contributed by atoms with Crippen molar-refractivity contribution in [3.05, 3.63) is 0 Å². The second-order valence-electron chi connectivity index (χ2n) is 5.90. The third kappa shape index (κ3) is 9.84. The molecule has 0 rings (SSSR count). The molecule has 0 fully saturated rings. The van der Waals surface area contributed by atoms with Gasteiger partial charge in [0.05, 0.1) is 12.5 Å². The maximum atomic E-state index is 12.6. The predicted molar refractivity (Wildman–Crippen MR) is 92.6 cm³/mol. The summed E-state index contributed by atoms with van der Waals surface area (Å²) >= 11 is 1.76. The molecule has 7 heteroatoms. The largest absolute Gasteiger partial charge is 0.481 e. The van der Waals surface area contributed by atoms with Crippen LogP contribution in [-0.4, -0.2) is 52.5 Å². The number of aliphatic carboxylic acids is 1. The molecule has 0 radical (unpaired) electrons. The normalized spacial score (nSPS) is 16.7. The van der Waals surface area contributed by atoms with Gasteiger partial charge in [-0.05, 0) is 39.9 Å². The zero-order chi connectivity index (χ0) is 18.0. The van der Waals surface area contributed by atoms with E-state index in [2.05, 4.69) is 19.2 Å². The molecule has 1 amide bonds. The van der Waals surface area contributed by atoms with Gasteiger partial charge in [0.1, 0.15) is 11.8 Å². The SMILES string of the molecule is CCOC(C)(CC(=O)O)NC(=O)C(CC(C)SCC)OC(C)C. The van der Waals surface area contributed by atoms with Crippen molar-refractivity contribution in [2.75, 3.05) is 12.4 Å². The fourth-order valence-electron chi connectivity index (χ4n) is 2.29. The molecule has 3 atom stereocenters. The number of rotatable bonds is 12. The highest BCUT2D eigenvalue weighted by Gasteiger charge is 2.33. The van der Waals surface area contributed by atoms with Crippen LogP contribution in [0.4, 0.5) is 0 Å². The van der Waals surface area contributed by atoms with Crippen LogP contribution in [0.15, 0.2) is 0 Å². The minimum atomic E-state index is -1.24. The first-order valence-corrected chi connectivity index (χ1v) is 9.13. The Morgan fingerprint density at radius 2 is 1.87 bits per heavy atom. The molecule has 0 aliphatic rings. The Balaban J connectivity index is 4.99. The molecule has 0 spiro atoms. The van der Waals surface area contributed by atoms with E-state index in [-0.39, 0.29) is 23.7 Å². The van der Waals surface area contributed by atoms with Gasteiger partial charge in [0, 0.05) is 11.9 Å². The summed E-state index contributed by atoms with van der Waals surface area (Å²) in [5.74, 6) is -0.399. The minimum Gasteiger partial charge on any atom is -0.481 e. The van der Waals surface area contributed by atoms with E-state index >= 15 is 0 Å². The highest BCUT2D eigenvalue weighted by molar-refractivity contribution is 7.99. The van der Waals surface area contributed by atoms with Crippen molar-refractivity contribution in [2.45, 2.75) is 77.6 Å². The summed E-state index contributed by atoms with van der Waals surface area (Å²) in [5.41, 5.74) is -1.24. The molecule has 2 N–H and O–H groups in total. The van der Waals surface area contributed by atoms with Crippen LogP contribution >= 0.6 is 11.8 Å². The quantitative estimate of drug-likeness (QED) is 0.527. The molecular formula is C16H31NO5S. The Kier molecular flexibility index (Phi) is 10.5. The Bertz CT molecular complexity index is 377. The van der Waals surface area contributed by atoms with Gasteiger partial charge >= 0.3 is 5.97 Å². The van der Waals surface area contributed by atoms with Gasteiger partial charge in [0.25, 0.3) is 5.91 Å². The van der Waals surface area contributed by atoms with Crippen molar-refractivity contribution in [1.29, 1.82) is 0 Å². The second-order valence-corrected chi connectivity index (χ2v) is 7.61. The summed E-state index contributed by atoms with van der Waals surface area (Å²) in [6, 6.07) is 0. The number of hydrogen-bond donors (Lipinski definition) is 2. The second kappa shape index (κ2) is 10.9. The Hall–Kier alpha value is -0.790. The smallest absolute Gasteiger partial charge is 0.308 e. The van der Waals surface area contributed by atoms with E-state index in [0.29, 0.717) is 13.0 Å². The topological polar surface area (TPSA) is 84.9 Å². The minimum absolute atomic E-state index is 0.0950. The molecule has 23 heavy (non-hydrogen) atoms. The van der Waals surface area contributed by atoms with Gasteiger partial charge in [0.2, 0.25) is 0 Å². The molecule has 0 aromatic heterocycles. The maximum Gasteiger partial charge on any atom is 0.308 e. The van der Waals surface area contributed by atoms with Crippen LogP contribution in [0.2, 0.25) is 0 Å². The number of carbonyl (C=O) groups excluding carboxylic acids is 1. The number of amides is 1. The van der Waals surface area contributed by atoms with Crippen molar-refractivity contribution in [1.82, 2.24) is 5.32 Å². The number of ether oxygens (including phenoxy) is 2. The summed E-state index contributed by atoms with van der Waals surface area (Å²) in [6.45, 7) is 11.5. The molecule has 0 heterocycles. The number of carbonyl (C=O) groups is 2. The molecule has 136 valence electrons. The molecule has 6 nitrogen and oxygen atoms in total. The average Bonchev–Trinajstić information content (AvgIpc) is 2.36. The van der Waals surface area contributed by atoms with Crippen molar-refractivity contribution in [3.8, 4) is 0 Å². The molecule has 0 aromatic rings. The summed E-state index contributed by atoms with van der Waals surface area (Å²) in [4.78, 5) is 23.6. The lowest BCUT2D eigenvalue weighted by Gasteiger charge is -2.32. The van der Waals surface area contributed by atoms with E-state index in [1.807, 2.05) is 13.8 Å². The summed E-state index contributed by atoms with van der Waals surface area (Å²) in [5, 5.41) is 12.0. The molecular weight excluding hydrogens is 318 g/mol. The summed E-state index contributed by atoms with van der Waals surface area (Å²) in [6.07, 6.45) is -0.460. The number of carboxylic acids is 1. The van der Waals surface area contributed by atoms with Crippen LogP contribution in [0, 0.1) is 0 Å². The zero-order valence-electron chi connectivity index (χ0n) is 15.0. The van der Waals surface area contributed by atoms with Crippen LogP contribution in [-0.2, 0) is 19.1 Å². The van der Waals surface area contributed by atoms with Crippen molar-refractivity contribution in [2.24, 2.45) is 0 Å². The zero-order valence-corrected chi connectivity index (χ0v) is 15.9. The van der Waals surface area contributed by atoms with Gasteiger partial charge in [-0.2, -0.15) is 11.8 Å². The van der Waals surface area contributed by atoms with E-state index in [9.17, 15) is 9.59 Å². The first-order chi connectivity index (χ1) is 10.6. The molecule has 0 saturated heterocycles. The Labute approximate surface area is 143 Å². The lowest BCUT2D eigenvalue weighted by molar-refractivity contribution is -0.155. The first kappa shape index (κ1) is 22.2. The molecule has 0 bridgehead atoms. The highest BCUT2D eigenvalue weighted by atomic mass is 32.2. The molecule has 0 saturated carbocycles.